The van der Waals surface area contributed by atoms with Gasteiger partial charge < -0.3 is 15.7 Å². The largest absolute Gasteiger partial charge is 0.480 e. The average molecular weight is 327 g/mol. The molecule has 0 aromatic heterocycles. The summed E-state index contributed by atoms with van der Waals surface area (Å²) in [5.41, 5.74) is 0.370. The van der Waals surface area contributed by atoms with E-state index in [9.17, 15) is 14.4 Å². The minimum Gasteiger partial charge on any atom is -0.480 e. The van der Waals surface area contributed by atoms with E-state index >= 15 is 0 Å². The van der Waals surface area contributed by atoms with Gasteiger partial charge in [0.2, 0.25) is 5.91 Å². The third-order valence-electron chi connectivity index (χ3n) is 2.86. The van der Waals surface area contributed by atoms with Crippen LogP contribution in [-0.4, -0.2) is 35.5 Å². The van der Waals surface area contributed by atoms with Crippen LogP contribution in [-0.2, 0) is 9.59 Å². The Hall–Kier alpha value is -2.08. The number of hydrogen-bond acceptors (Lipinski definition) is 3. The second-order valence-electron chi connectivity index (χ2n) is 5.28. The number of carbonyl (C=O) groups excluding carboxylic acids is 2. The summed E-state index contributed by atoms with van der Waals surface area (Å²) >= 11 is 5.72. The Morgan fingerprint density at radius 3 is 2.27 bits per heavy atom. The molecule has 0 aliphatic heterocycles. The van der Waals surface area contributed by atoms with E-state index in [2.05, 4.69) is 10.6 Å². The van der Waals surface area contributed by atoms with Crippen molar-refractivity contribution in [1.82, 2.24) is 10.6 Å². The fraction of sp³-hybridized carbons (Fsp3) is 0.400. The van der Waals surface area contributed by atoms with Crippen LogP contribution < -0.4 is 10.6 Å². The van der Waals surface area contributed by atoms with Gasteiger partial charge in [0.15, 0.2) is 0 Å². The number of rotatable bonds is 7. The van der Waals surface area contributed by atoms with Crippen molar-refractivity contribution in [2.45, 2.75) is 26.3 Å². The molecule has 1 aromatic carbocycles. The van der Waals surface area contributed by atoms with Crippen molar-refractivity contribution in [3.63, 3.8) is 0 Å². The van der Waals surface area contributed by atoms with Gasteiger partial charge in [0, 0.05) is 10.6 Å². The lowest BCUT2D eigenvalue weighted by atomic mass is 10.0. The molecule has 120 valence electrons. The molecule has 1 rings (SSSR count). The predicted octanol–water partition coefficient (Wildman–Crippen LogP) is 1.69. The van der Waals surface area contributed by atoms with E-state index in [-0.39, 0.29) is 12.5 Å². The maximum Gasteiger partial charge on any atom is 0.326 e. The van der Waals surface area contributed by atoms with Crippen LogP contribution in [0.1, 0.15) is 30.6 Å². The van der Waals surface area contributed by atoms with Gasteiger partial charge in [0.05, 0.1) is 6.54 Å². The van der Waals surface area contributed by atoms with Crippen molar-refractivity contribution in [3.05, 3.63) is 34.9 Å². The van der Waals surface area contributed by atoms with Gasteiger partial charge in [-0.15, -0.1) is 0 Å². The Morgan fingerprint density at radius 1 is 1.18 bits per heavy atom. The summed E-state index contributed by atoms with van der Waals surface area (Å²) in [6.45, 7) is 3.44. The maximum absolute atomic E-state index is 11.8. The highest BCUT2D eigenvalue weighted by Crippen LogP contribution is 2.09. The van der Waals surface area contributed by atoms with Gasteiger partial charge in [-0.2, -0.15) is 0 Å². The Kier molecular flexibility index (Phi) is 6.85. The molecule has 0 bridgehead atoms. The van der Waals surface area contributed by atoms with Crippen LogP contribution in [0.25, 0.3) is 0 Å². The van der Waals surface area contributed by atoms with Crippen LogP contribution in [0.2, 0.25) is 5.02 Å². The number of carbonyl (C=O) groups is 3. The SMILES string of the molecule is CC(C)CC(NC(=O)CNC(=O)c1ccc(Cl)cc1)C(=O)O. The second-order valence-corrected chi connectivity index (χ2v) is 5.71. The number of carboxylic acids is 1. The zero-order valence-electron chi connectivity index (χ0n) is 12.4. The first-order valence-corrected chi connectivity index (χ1v) is 7.23. The van der Waals surface area contributed by atoms with Crippen LogP contribution >= 0.6 is 11.6 Å². The maximum atomic E-state index is 11.8. The van der Waals surface area contributed by atoms with Gasteiger partial charge in [0.1, 0.15) is 6.04 Å². The first-order chi connectivity index (χ1) is 10.3. The summed E-state index contributed by atoms with van der Waals surface area (Å²) < 4.78 is 0. The molecule has 3 N–H and O–H groups in total. The highest BCUT2D eigenvalue weighted by molar-refractivity contribution is 6.30. The molecule has 0 aliphatic rings. The number of hydrogen-bond donors (Lipinski definition) is 3. The Bertz CT molecular complexity index is 543. The first-order valence-electron chi connectivity index (χ1n) is 6.85. The first kappa shape index (κ1) is 18.0. The van der Waals surface area contributed by atoms with E-state index in [1.54, 1.807) is 12.1 Å². The monoisotopic (exact) mass is 326 g/mol. The van der Waals surface area contributed by atoms with Crippen molar-refractivity contribution in [1.29, 1.82) is 0 Å². The van der Waals surface area contributed by atoms with E-state index in [0.29, 0.717) is 17.0 Å². The Morgan fingerprint density at radius 2 is 1.77 bits per heavy atom. The van der Waals surface area contributed by atoms with Crippen molar-refractivity contribution in [3.8, 4) is 0 Å². The third-order valence-corrected chi connectivity index (χ3v) is 3.11. The standard InChI is InChI=1S/C15H19ClN2O4/c1-9(2)7-12(15(21)22)18-13(19)8-17-14(20)10-3-5-11(16)6-4-10/h3-6,9,12H,7-8H2,1-2H3,(H,17,20)(H,18,19)(H,21,22). The molecule has 1 aromatic rings. The molecule has 0 saturated carbocycles. The van der Waals surface area contributed by atoms with Crippen molar-refractivity contribution in [2.75, 3.05) is 6.54 Å². The van der Waals surface area contributed by atoms with E-state index < -0.39 is 23.8 Å². The zero-order chi connectivity index (χ0) is 16.7. The summed E-state index contributed by atoms with van der Waals surface area (Å²) in [6, 6.07) is 5.25. The number of aliphatic carboxylic acids is 1. The average Bonchev–Trinajstić information content (AvgIpc) is 2.44. The molecule has 1 unspecified atom stereocenters. The molecule has 0 fully saturated rings. The number of carboxylic acid groups (broad SMARTS) is 1. The number of amides is 2. The molecule has 2 amide bonds. The van der Waals surface area contributed by atoms with Crippen LogP contribution in [0.3, 0.4) is 0 Å². The predicted molar refractivity (Wildman–Crippen MR) is 82.8 cm³/mol. The lowest BCUT2D eigenvalue weighted by molar-refractivity contribution is -0.142. The molecule has 0 radical (unpaired) electrons. The molecule has 7 heteroatoms. The Labute approximate surface area is 133 Å². The minimum absolute atomic E-state index is 0.130. The van der Waals surface area contributed by atoms with Gasteiger partial charge in [-0.05, 0) is 36.6 Å². The van der Waals surface area contributed by atoms with Crippen LogP contribution in [0.15, 0.2) is 24.3 Å². The summed E-state index contributed by atoms with van der Waals surface area (Å²) in [5, 5.41) is 14.4. The minimum atomic E-state index is -1.09. The van der Waals surface area contributed by atoms with Gasteiger partial charge in [0.25, 0.3) is 5.91 Å². The topological polar surface area (TPSA) is 95.5 Å². The molecule has 0 aliphatic carbocycles. The van der Waals surface area contributed by atoms with Crippen molar-refractivity contribution >= 4 is 29.4 Å². The lowest BCUT2D eigenvalue weighted by Crippen LogP contribution is -2.46. The highest BCUT2D eigenvalue weighted by Gasteiger charge is 2.21. The van der Waals surface area contributed by atoms with E-state index in [1.165, 1.54) is 12.1 Å². The zero-order valence-corrected chi connectivity index (χ0v) is 13.2. The molecule has 0 saturated heterocycles. The summed E-state index contributed by atoms with van der Waals surface area (Å²) in [5.74, 6) is -1.94. The second kappa shape index (κ2) is 8.38. The summed E-state index contributed by atoms with van der Waals surface area (Å²) in [6.07, 6.45) is 0.326. The van der Waals surface area contributed by atoms with Gasteiger partial charge >= 0.3 is 5.97 Å². The van der Waals surface area contributed by atoms with E-state index in [1.807, 2.05) is 13.8 Å². The molecular formula is C15H19ClN2O4. The normalized spacial score (nSPS) is 11.8. The van der Waals surface area contributed by atoms with Crippen molar-refractivity contribution in [2.24, 2.45) is 5.92 Å². The fourth-order valence-corrected chi connectivity index (χ4v) is 1.93. The quantitative estimate of drug-likeness (QED) is 0.710. The lowest BCUT2D eigenvalue weighted by Gasteiger charge is -2.16. The fourth-order valence-electron chi connectivity index (χ4n) is 1.80. The Balaban J connectivity index is 2.49. The molecule has 0 heterocycles. The van der Waals surface area contributed by atoms with Gasteiger partial charge in [-0.3, -0.25) is 9.59 Å². The smallest absolute Gasteiger partial charge is 0.326 e. The van der Waals surface area contributed by atoms with Gasteiger partial charge in [-0.1, -0.05) is 25.4 Å². The summed E-state index contributed by atoms with van der Waals surface area (Å²) in [4.78, 5) is 34.6. The number of halogens is 1. The summed E-state index contributed by atoms with van der Waals surface area (Å²) in [7, 11) is 0. The molecule has 0 spiro atoms. The van der Waals surface area contributed by atoms with Crippen molar-refractivity contribution < 1.29 is 19.5 Å². The van der Waals surface area contributed by atoms with E-state index in [0.717, 1.165) is 0 Å². The molecule has 22 heavy (non-hydrogen) atoms. The van der Waals surface area contributed by atoms with Gasteiger partial charge in [-0.25, -0.2) is 4.79 Å². The molecular weight excluding hydrogens is 308 g/mol. The number of nitrogens with one attached hydrogen (secondary N) is 2. The highest BCUT2D eigenvalue weighted by atomic mass is 35.5. The molecule has 6 nitrogen and oxygen atoms in total. The van der Waals surface area contributed by atoms with E-state index in [4.69, 9.17) is 16.7 Å². The van der Waals surface area contributed by atoms with Crippen LogP contribution in [0.5, 0.6) is 0 Å². The molecule has 1 atom stereocenters. The van der Waals surface area contributed by atoms with Crippen LogP contribution in [0, 0.1) is 5.92 Å². The third kappa shape index (κ3) is 6.13. The number of benzene rings is 1. The van der Waals surface area contributed by atoms with Crippen LogP contribution in [0.4, 0.5) is 0 Å².